The maximum Gasteiger partial charge on any atom is 0.341 e. The summed E-state index contributed by atoms with van der Waals surface area (Å²) in [6.07, 6.45) is 0. The first-order chi connectivity index (χ1) is 13.3. The van der Waals surface area contributed by atoms with Crippen molar-refractivity contribution in [2.45, 2.75) is 25.7 Å². The Hall–Kier alpha value is -2.03. The third-order valence-electron chi connectivity index (χ3n) is 4.83. The van der Waals surface area contributed by atoms with Crippen LogP contribution in [0.1, 0.15) is 28.7 Å². The lowest BCUT2D eigenvalue weighted by Crippen LogP contribution is -2.49. The predicted molar refractivity (Wildman–Crippen MR) is 109 cm³/mol. The highest BCUT2D eigenvalue weighted by atomic mass is 35.5. The van der Waals surface area contributed by atoms with Crippen LogP contribution >= 0.6 is 11.6 Å². The van der Waals surface area contributed by atoms with Crippen LogP contribution in [0.4, 0.5) is 5.69 Å². The average molecular weight is 426 g/mol. The summed E-state index contributed by atoms with van der Waals surface area (Å²) in [7, 11) is -3.82. The lowest BCUT2D eigenvalue weighted by atomic mass is 10.2. The number of H-pyrrole nitrogens is 1. The van der Waals surface area contributed by atoms with E-state index >= 15 is 0 Å². The molecule has 1 N–H and O–H groups in total. The molecule has 1 fully saturated rings. The van der Waals surface area contributed by atoms with Crippen molar-refractivity contribution in [1.29, 1.82) is 0 Å². The van der Waals surface area contributed by atoms with Gasteiger partial charge in [-0.25, -0.2) is 13.2 Å². The summed E-state index contributed by atoms with van der Waals surface area (Å²) in [5.41, 5.74) is 2.04. The molecular weight excluding hydrogens is 402 g/mol. The minimum absolute atomic E-state index is 0.0170. The summed E-state index contributed by atoms with van der Waals surface area (Å²) in [4.78, 5) is 17.5. The number of halogens is 1. The monoisotopic (exact) mass is 425 g/mol. The molecule has 2 heterocycles. The van der Waals surface area contributed by atoms with E-state index in [0.717, 1.165) is 5.69 Å². The van der Waals surface area contributed by atoms with Gasteiger partial charge in [0.2, 0.25) is 10.0 Å². The van der Waals surface area contributed by atoms with E-state index in [4.69, 9.17) is 16.3 Å². The Labute approximate surface area is 170 Å². The first kappa shape index (κ1) is 20.7. The Balaban J connectivity index is 1.83. The van der Waals surface area contributed by atoms with Gasteiger partial charge in [0, 0.05) is 48.3 Å². The molecule has 2 aromatic rings. The molecule has 1 saturated heterocycles. The number of carbonyl (C=O) groups excluding carboxylic acids is 1. The summed E-state index contributed by atoms with van der Waals surface area (Å²) < 4.78 is 33.1. The molecule has 0 radical (unpaired) electrons. The summed E-state index contributed by atoms with van der Waals surface area (Å²) in [6, 6.07) is 7.48. The summed E-state index contributed by atoms with van der Waals surface area (Å²) in [6.45, 7) is 6.98. The average Bonchev–Trinajstić information content (AvgIpc) is 2.97. The van der Waals surface area contributed by atoms with E-state index in [1.165, 1.54) is 4.31 Å². The van der Waals surface area contributed by atoms with Gasteiger partial charge in [0.05, 0.1) is 6.61 Å². The van der Waals surface area contributed by atoms with E-state index in [9.17, 15) is 13.2 Å². The van der Waals surface area contributed by atoms with Crippen LogP contribution in [0.25, 0.3) is 0 Å². The number of sulfonamides is 1. The number of hydrogen-bond donors (Lipinski definition) is 1. The van der Waals surface area contributed by atoms with Crippen LogP contribution in [0.15, 0.2) is 29.2 Å². The van der Waals surface area contributed by atoms with Gasteiger partial charge in [-0.05, 0) is 45.0 Å². The van der Waals surface area contributed by atoms with Crippen molar-refractivity contribution in [3.63, 3.8) is 0 Å². The van der Waals surface area contributed by atoms with Gasteiger partial charge in [-0.15, -0.1) is 0 Å². The van der Waals surface area contributed by atoms with Gasteiger partial charge < -0.3 is 14.6 Å². The van der Waals surface area contributed by atoms with Crippen LogP contribution in [-0.4, -0.2) is 56.5 Å². The van der Waals surface area contributed by atoms with Gasteiger partial charge in [-0.3, -0.25) is 0 Å². The molecule has 0 spiro atoms. The molecule has 0 atom stereocenters. The second-order valence-electron chi connectivity index (χ2n) is 6.67. The van der Waals surface area contributed by atoms with E-state index in [1.54, 1.807) is 20.8 Å². The minimum Gasteiger partial charge on any atom is -0.462 e. The number of ether oxygens (including phenoxy) is 1. The molecule has 0 unspecified atom stereocenters. The zero-order valence-corrected chi connectivity index (χ0v) is 17.7. The molecule has 1 aromatic carbocycles. The Morgan fingerprint density at radius 2 is 1.71 bits per heavy atom. The molecule has 3 rings (SSSR count). The van der Waals surface area contributed by atoms with Gasteiger partial charge in [0.1, 0.15) is 10.5 Å². The third-order valence-corrected chi connectivity index (χ3v) is 7.15. The van der Waals surface area contributed by atoms with Crippen molar-refractivity contribution < 1.29 is 17.9 Å². The molecule has 0 bridgehead atoms. The van der Waals surface area contributed by atoms with Crippen molar-refractivity contribution in [3.05, 3.63) is 46.2 Å². The first-order valence-electron chi connectivity index (χ1n) is 9.12. The number of aromatic amines is 1. The van der Waals surface area contributed by atoms with Crippen LogP contribution in [0.2, 0.25) is 5.02 Å². The number of esters is 1. The van der Waals surface area contributed by atoms with Crippen LogP contribution in [-0.2, 0) is 14.8 Å². The van der Waals surface area contributed by atoms with Crippen LogP contribution in [0, 0.1) is 13.8 Å². The van der Waals surface area contributed by atoms with Crippen molar-refractivity contribution in [3.8, 4) is 0 Å². The number of benzene rings is 1. The van der Waals surface area contributed by atoms with Crippen molar-refractivity contribution in [1.82, 2.24) is 9.29 Å². The number of anilines is 1. The maximum atomic E-state index is 13.3. The molecule has 0 amide bonds. The number of piperazine rings is 1. The molecule has 28 heavy (non-hydrogen) atoms. The topological polar surface area (TPSA) is 82.7 Å². The molecule has 1 aliphatic heterocycles. The number of nitrogens with zero attached hydrogens (tertiary/aromatic N) is 2. The molecule has 0 aliphatic carbocycles. The molecule has 7 nitrogen and oxygen atoms in total. The zero-order valence-electron chi connectivity index (χ0n) is 16.2. The molecule has 0 saturated carbocycles. The molecule has 1 aliphatic rings. The lowest BCUT2D eigenvalue weighted by molar-refractivity contribution is 0.0521. The quantitative estimate of drug-likeness (QED) is 0.744. The van der Waals surface area contributed by atoms with Crippen LogP contribution in [0.3, 0.4) is 0 Å². The Kier molecular flexibility index (Phi) is 6.02. The van der Waals surface area contributed by atoms with Gasteiger partial charge in [-0.1, -0.05) is 11.6 Å². The maximum absolute atomic E-state index is 13.3. The highest BCUT2D eigenvalue weighted by molar-refractivity contribution is 7.89. The summed E-state index contributed by atoms with van der Waals surface area (Å²) in [5, 5.41) is 0.662. The number of aromatic nitrogens is 1. The largest absolute Gasteiger partial charge is 0.462 e. The Morgan fingerprint density at radius 1 is 1.11 bits per heavy atom. The van der Waals surface area contributed by atoms with E-state index < -0.39 is 16.0 Å². The number of carbonyl (C=O) groups is 1. The Morgan fingerprint density at radius 3 is 2.29 bits per heavy atom. The second kappa shape index (κ2) is 8.14. The SMILES string of the molecule is CCOC(=O)c1c(C)[nH]c(C)c1S(=O)(=O)N1CCN(c2ccc(Cl)cc2)CC1. The summed E-state index contributed by atoms with van der Waals surface area (Å²) >= 11 is 5.93. The van der Waals surface area contributed by atoms with Gasteiger partial charge in [0.15, 0.2) is 0 Å². The van der Waals surface area contributed by atoms with Crippen molar-refractivity contribution in [2.24, 2.45) is 0 Å². The minimum atomic E-state index is -3.82. The Bertz CT molecular complexity index is 962. The number of hydrogen-bond acceptors (Lipinski definition) is 5. The van der Waals surface area contributed by atoms with Crippen LogP contribution < -0.4 is 4.90 Å². The van der Waals surface area contributed by atoms with Crippen molar-refractivity contribution >= 4 is 33.3 Å². The second-order valence-corrected chi connectivity index (χ2v) is 8.98. The van der Waals surface area contributed by atoms with E-state index in [1.807, 2.05) is 24.3 Å². The smallest absolute Gasteiger partial charge is 0.341 e. The normalized spacial score (nSPS) is 15.6. The van der Waals surface area contributed by atoms with E-state index in [-0.39, 0.29) is 17.1 Å². The van der Waals surface area contributed by atoms with Crippen LogP contribution in [0.5, 0.6) is 0 Å². The molecular formula is C19H24ClN3O4S. The van der Waals surface area contributed by atoms with Gasteiger partial charge in [-0.2, -0.15) is 4.31 Å². The third kappa shape index (κ3) is 3.90. The lowest BCUT2D eigenvalue weighted by Gasteiger charge is -2.35. The van der Waals surface area contributed by atoms with E-state index in [2.05, 4.69) is 9.88 Å². The predicted octanol–water partition coefficient (Wildman–Crippen LogP) is 2.97. The van der Waals surface area contributed by atoms with Gasteiger partial charge >= 0.3 is 5.97 Å². The highest BCUT2D eigenvalue weighted by Gasteiger charge is 2.35. The first-order valence-corrected chi connectivity index (χ1v) is 10.9. The number of aryl methyl sites for hydroxylation is 2. The van der Waals surface area contributed by atoms with Gasteiger partial charge in [0.25, 0.3) is 0 Å². The molecule has 9 heteroatoms. The van der Waals surface area contributed by atoms with E-state index in [0.29, 0.717) is 42.6 Å². The number of nitrogens with one attached hydrogen (secondary N) is 1. The molecule has 152 valence electrons. The fourth-order valence-electron chi connectivity index (χ4n) is 3.50. The fourth-order valence-corrected chi connectivity index (χ4v) is 5.46. The highest BCUT2D eigenvalue weighted by Crippen LogP contribution is 2.29. The molecule has 1 aromatic heterocycles. The van der Waals surface area contributed by atoms with Crippen molar-refractivity contribution in [2.75, 3.05) is 37.7 Å². The zero-order chi connectivity index (χ0) is 20.5. The summed E-state index contributed by atoms with van der Waals surface area (Å²) in [5.74, 6) is -0.622. The number of rotatable bonds is 5. The fraction of sp³-hybridized carbons (Fsp3) is 0.421. The standard InChI is InChI=1S/C19H24ClN3O4S/c1-4-27-19(24)17-13(2)21-14(3)18(17)28(25,26)23-11-9-22(10-12-23)16-7-5-15(20)6-8-16/h5-8,21H,4,9-12H2,1-3H3.